The summed E-state index contributed by atoms with van der Waals surface area (Å²) in [5, 5.41) is 8.97. The van der Waals surface area contributed by atoms with Crippen LogP contribution in [0.5, 0.6) is 11.5 Å². The minimum absolute atomic E-state index is 0.351. The Bertz CT molecular complexity index is 802. The van der Waals surface area contributed by atoms with E-state index < -0.39 is 6.03 Å². The number of hydrogen-bond acceptors (Lipinski definition) is 5. The third kappa shape index (κ3) is 4.07. The lowest BCUT2D eigenvalue weighted by molar-refractivity contribution is 0.262. The van der Waals surface area contributed by atoms with Crippen molar-refractivity contribution in [2.45, 2.75) is 6.92 Å². The number of benzene rings is 1. The van der Waals surface area contributed by atoms with E-state index in [4.69, 9.17) is 9.26 Å². The molecule has 3 rings (SSSR count). The monoisotopic (exact) mass is 310 g/mol. The summed E-state index contributed by atoms with van der Waals surface area (Å²) < 4.78 is 10.6. The molecule has 0 atom stereocenters. The van der Waals surface area contributed by atoms with Crippen LogP contribution in [0.3, 0.4) is 0 Å². The number of amides is 2. The van der Waals surface area contributed by atoms with E-state index >= 15 is 0 Å². The predicted molar refractivity (Wildman–Crippen MR) is 84.6 cm³/mol. The lowest BCUT2D eigenvalue weighted by atomic mass is 10.3. The van der Waals surface area contributed by atoms with Gasteiger partial charge in [0.2, 0.25) is 0 Å². The largest absolute Gasteiger partial charge is 0.457 e. The number of pyridine rings is 1. The second kappa shape index (κ2) is 6.61. The Morgan fingerprint density at radius 3 is 2.65 bits per heavy atom. The van der Waals surface area contributed by atoms with Crippen molar-refractivity contribution in [1.29, 1.82) is 0 Å². The van der Waals surface area contributed by atoms with Gasteiger partial charge in [-0.3, -0.25) is 10.3 Å². The van der Waals surface area contributed by atoms with Crippen molar-refractivity contribution < 1.29 is 14.1 Å². The van der Waals surface area contributed by atoms with Gasteiger partial charge >= 0.3 is 6.03 Å². The summed E-state index contributed by atoms with van der Waals surface area (Å²) in [6, 6.07) is 11.8. The van der Waals surface area contributed by atoms with Gasteiger partial charge < -0.3 is 14.6 Å². The zero-order valence-corrected chi connectivity index (χ0v) is 12.3. The van der Waals surface area contributed by atoms with Gasteiger partial charge in [0, 0.05) is 30.2 Å². The van der Waals surface area contributed by atoms with Crippen LogP contribution in [0.2, 0.25) is 0 Å². The summed E-state index contributed by atoms with van der Waals surface area (Å²) in [6.45, 7) is 1.75. The van der Waals surface area contributed by atoms with Crippen molar-refractivity contribution in [2.75, 3.05) is 10.6 Å². The lowest BCUT2D eigenvalue weighted by Gasteiger charge is -2.08. The van der Waals surface area contributed by atoms with Crippen molar-refractivity contribution >= 4 is 17.5 Å². The van der Waals surface area contributed by atoms with Gasteiger partial charge in [0.05, 0.1) is 0 Å². The fourth-order valence-electron chi connectivity index (χ4n) is 1.88. The second-order valence-corrected chi connectivity index (χ2v) is 4.71. The molecule has 3 aromatic rings. The number of carbonyl (C=O) groups is 1. The van der Waals surface area contributed by atoms with E-state index in [0.717, 1.165) is 0 Å². The Kier molecular flexibility index (Phi) is 4.19. The molecular formula is C16H14N4O3. The van der Waals surface area contributed by atoms with Crippen LogP contribution in [0.4, 0.5) is 16.3 Å². The van der Waals surface area contributed by atoms with Gasteiger partial charge in [-0.05, 0) is 31.2 Å². The molecule has 116 valence electrons. The smallest absolute Gasteiger partial charge is 0.324 e. The SMILES string of the molecule is Cc1cc(NC(=O)Nc2cccc(Oc3ccncc3)c2)no1. The van der Waals surface area contributed by atoms with Crippen LogP contribution in [-0.4, -0.2) is 16.2 Å². The van der Waals surface area contributed by atoms with Gasteiger partial charge in [-0.25, -0.2) is 4.79 Å². The molecule has 0 aliphatic rings. The Hall–Kier alpha value is -3.35. The molecule has 0 aliphatic heterocycles. The molecule has 2 aromatic heterocycles. The molecule has 2 amide bonds. The Labute approximate surface area is 132 Å². The number of ether oxygens (including phenoxy) is 1. The van der Waals surface area contributed by atoms with E-state index in [1.165, 1.54) is 0 Å². The minimum atomic E-state index is -0.417. The molecule has 0 aliphatic carbocycles. The topological polar surface area (TPSA) is 89.3 Å². The normalized spacial score (nSPS) is 10.1. The molecule has 0 bridgehead atoms. The quantitative estimate of drug-likeness (QED) is 0.764. The summed E-state index contributed by atoms with van der Waals surface area (Å²) >= 11 is 0. The molecule has 2 heterocycles. The number of aromatic nitrogens is 2. The summed E-state index contributed by atoms with van der Waals surface area (Å²) in [5.41, 5.74) is 0.592. The van der Waals surface area contributed by atoms with E-state index in [1.807, 2.05) is 0 Å². The van der Waals surface area contributed by atoms with Crippen molar-refractivity contribution in [1.82, 2.24) is 10.1 Å². The van der Waals surface area contributed by atoms with Gasteiger partial charge in [-0.2, -0.15) is 0 Å². The van der Waals surface area contributed by atoms with E-state index in [1.54, 1.807) is 61.8 Å². The summed E-state index contributed by atoms with van der Waals surface area (Å²) in [6.07, 6.45) is 3.29. The van der Waals surface area contributed by atoms with Crippen LogP contribution in [0.1, 0.15) is 5.76 Å². The summed E-state index contributed by atoms with van der Waals surface area (Å²) in [5.74, 6) is 2.24. The standard InChI is InChI=1S/C16H14N4O3/c1-11-9-15(20-23-11)19-16(21)18-12-3-2-4-14(10-12)22-13-5-7-17-8-6-13/h2-10H,1H3,(H2,18,19,20,21). The van der Waals surface area contributed by atoms with Gasteiger partial charge in [0.1, 0.15) is 17.3 Å². The van der Waals surface area contributed by atoms with E-state index in [9.17, 15) is 4.79 Å². The van der Waals surface area contributed by atoms with E-state index in [0.29, 0.717) is 28.8 Å². The number of nitrogens with zero attached hydrogens (tertiary/aromatic N) is 2. The Balaban J connectivity index is 1.64. The number of hydrogen-bond donors (Lipinski definition) is 2. The molecule has 23 heavy (non-hydrogen) atoms. The number of carbonyl (C=O) groups excluding carboxylic acids is 1. The van der Waals surface area contributed by atoms with Crippen LogP contribution < -0.4 is 15.4 Å². The molecule has 7 nitrogen and oxygen atoms in total. The molecule has 0 fully saturated rings. The first-order valence-corrected chi connectivity index (χ1v) is 6.88. The molecule has 0 saturated carbocycles. The maximum Gasteiger partial charge on any atom is 0.324 e. The average Bonchev–Trinajstić information content (AvgIpc) is 2.93. The zero-order chi connectivity index (χ0) is 16.1. The van der Waals surface area contributed by atoms with E-state index in [-0.39, 0.29) is 0 Å². The molecule has 0 radical (unpaired) electrons. The predicted octanol–water partition coefficient (Wildman–Crippen LogP) is 3.81. The minimum Gasteiger partial charge on any atom is -0.457 e. The summed E-state index contributed by atoms with van der Waals surface area (Å²) in [4.78, 5) is 15.8. The van der Waals surface area contributed by atoms with Crippen molar-refractivity contribution in [3.63, 3.8) is 0 Å². The van der Waals surface area contributed by atoms with Crippen LogP contribution in [0.25, 0.3) is 0 Å². The fraction of sp³-hybridized carbons (Fsp3) is 0.0625. The maximum atomic E-state index is 11.9. The molecule has 0 unspecified atom stereocenters. The molecule has 0 spiro atoms. The highest BCUT2D eigenvalue weighted by Gasteiger charge is 2.07. The molecule has 0 saturated heterocycles. The van der Waals surface area contributed by atoms with Crippen LogP contribution in [-0.2, 0) is 0 Å². The number of nitrogens with one attached hydrogen (secondary N) is 2. The van der Waals surface area contributed by atoms with Gasteiger partial charge in [-0.15, -0.1) is 0 Å². The number of urea groups is 1. The van der Waals surface area contributed by atoms with Crippen LogP contribution in [0, 0.1) is 6.92 Å². The lowest BCUT2D eigenvalue weighted by Crippen LogP contribution is -2.19. The first-order valence-electron chi connectivity index (χ1n) is 6.88. The molecule has 2 N–H and O–H groups in total. The van der Waals surface area contributed by atoms with Gasteiger partial charge in [-0.1, -0.05) is 11.2 Å². The average molecular weight is 310 g/mol. The molecular weight excluding hydrogens is 296 g/mol. The van der Waals surface area contributed by atoms with Gasteiger partial charge in [0.15, 0.2) is 5.82 Å². The van der Waals surface area contributed by atoms with Crippen LogP contribution >= 0.6 is 0 Å². The highest BCUT2D eigenvalue weighted by atomic mass is 16.5. The third-order valence-corrected chi connectivity index (χ3v) is 2.85. The zero-order valence-electron chi connectivity index (χ0n) is 12.3. The highest BCUT2D eigenvalue weighted by Crippen LogP contribution is 2.23. The number of anilines is 2. The first kappa shape index (κ1) is 14.6. The number of rotatable bonds is 4. The molecule has 1 aromatic carbocycles. The Morgan fingerprint density at radius 1 is 1.09 bits per heavy atom. The third-order valence-electron chi connectivity index (χ3n) is 2.85. The Morgan fingerprint density at radius 2 is 1.91 bits per heavy atom. The first-order chi connectivity index (χ1) is 11.2. The van der Waals surface area contributed by atoms with Crippen LogP contribution in [0.15, 0.2) is 59.4 Å². The molecule has 7 heteroatoms. The van der Waals surface area contributed by atoms with Crippen molar-refractivity contribution in [3.8, 4) is 11.5 Å². The van der Waals surface area contributed by atoms with Crippen molar-refractivity contribution in [3.05, 3.63) is 60.6 Å². The fourth-order valence-corrected chi connectivity index (χ4v) is 1.88. The second-order valence-electron chi connectivity index (χ2n) is 4.71. The maximum absolute atomic E-state index is 11.9. The van der Waals surface area contributed by atoms with Crippen molar-refractivity contribution in [2.24, 2.45) is 0 Å². The van der Waals surface area contributed by atoms with Gasteiger partial charge in [0.25, 0.3) is 0 Å². The summed E-state index contributed by atoms with van der Waals surface area (Å²) in [7, 11) is 0. The van der Waals surface area contributed by atoms with E-state index in [2.05, 4.69) is 20.8 Å². The highest BCUT2D eigenvalue weighted by molar-refractivity contribution is 5.99. The number of aryl methyl sites for hydroxylation is 1.